The van der Waals surface area contributed by atoms with Gasteiger partial charge in [0.1, 0.15) is 0 Å². The maximum atomic E-state index is 5.04. The lowest BCUT2D eigenvalue weighted by Gasteiger charge is -2.27. The van der Waals surface area contributed by atoms with Gasteiger partial charge in [0.25, 0.3) is 0 Å². The van der Waals surface area contributed by atoms with Gasteiger partial charge >= 0.3 is 0 Å². The van der Waals surface area contributed by atoms with Crippen LogP contribution in [0, 0.1) is 0 Å². The Morgan fingerprint density at radius 3 is 1.89 bits per heavy atom. The van der Waals surface area contributed by atoms with Gasteiger partial charge in [0.15, 0.2) is 0 Å². The number of rotatable bonds is 5. The summed E-state index contributed by atoms with van der Waals surface area (Å²) in [5.41, 5.74) is 13.5. The lowest BCUT2D eigenvalue weighted by molar-refractivity contribution is 0.762. The molecule has 54 heavy (non-hydrogen) atoms. The maximum absolute atomic E-state index is 5.04. The second-order valence-corrected chi connectivity index (χ2v) is 14.1. The Morgan fingerprint density at radius 2 is 1.11 bits per heavy atom. The van der Waals surface area contributed by atoms with Gasteiger partial charge in [-0.25, -0.2) is 4.98 Å². The normalized spacial score (nSPS) is 14.5. The summed E-state index contributed by atoms with van der Waals surface area (Å²) >= 11 is 0. The molecule has 1 unspecified atom stereocenters. The van der Waals surface area contributed by atoms with Gasteiger partial charge in [-0.3, -0.25) is 0 Å². The van der Waals surface area contributed by atoms with E-state index in [0.717, 1.165) is 44.8 Å². The molecule has 1 N–H and O–H groups in total. The molecule has 1 aliphatic heterocycles. The van der Waals surface area contributed by atoms with Gasteiger partial charge in [0.2, 0.25) is 0 Å². The highest BCUT2D eigenvalue weighted by Crippen LogP contribution is 2.43. The van der Waals surface area contributed by atoms with Crippen molar-refractivity contribution in [1.82, 2.24) is 19.4 Å². The number of nitrogens with one attached hydrogen (secondary N) is 1. The topological polar surface area (TPSA) is 34.8 Å². The number of nitrogens with zero attached hydrogens (tertiary/aromatic N) is 3. The molecule has 0 saturated carbocycles. The molecule has 3 aromatic heterocycles. The summed E-state index contributed by atoms with van der Waals surface area (Å²) in [4.78, 5) is 5.04. The number of allylic oxidation sites excluding steroid dienone is 2. The molecule has 4 heteroatoms. The molecule has 0 fully saturated rings. The van der Waals surface area contributed by atoms with E-state index >= 15 is 0 Å². The van der Waals surface area contributed by atoms with Gasteiger partial charge in [0.05, 0.1) is 39.3 Å². The van der Waals surface area contributed by atoms with Crippen molar-refractivity contribution in [2.45, 2.75) is 6.04 Å². The molecular weight excluding hydrogens is 657 g/mol. The highest BCUT2D eigenvalue weighted by molar-refractivity contribution is 6.24. The van der Waals surface area contributed by atoms with Crippen molar-refractivity contribution in [3.63, 3.8) is 0 Å². The standard InChI is InChI=1S/C50H34N4/c1-3-14-33(15-4-1)45-31-38(32-46(52-45)36-18-13-17-35(30-36)44-29-26-34-16-7-10-23-43(34)51-44)54-48-25-12-9-22-40(48)42-28-27-41-39-21-8-11-24-47(39)53(49(41)50(42)54)37-19-5-2-6-20-37/h1-32,46,52H. The molecule has 0 bridgehead atoms. The fourth-order valence-electron chi connectivity index (χ4n) is 8.45. The minimum atomic E-state index is -0.101. The van der Waals surface area contributed by atoms with Crippen LogP contribution in [0.2, 0.25) is 0 Å². The summed E-state index contributed by atoms with van der Waals surface area (Å²) in [5, 5.41) is 10.0. The van der Waals surface area contributed by atoms with E-state index in [-0.39, 0.29) is 6.04 Å². The van der Waals surface area contributed by atoms with Crippen LogP contribution in [-0.4, -0.2) is 14.1 Å². The molecule has 0 saturated heterocycles. The third-order valence-electron chi connectivity index (χ3n) is 10.9. The number of para-hydroxylation sites is 4. The van der Waals surface area contributed by atoms with E-state index in [2.05, 4.69) is 203 Å². The number of aromatic nitrogens is 3. The molecule has 10 aromatic rings. The molecule has 4 heterocycles. The minimum Gasteiger partial charge on any atom is -0.374 e. The van der Waals surface area contributed by atoms with Crippen molar-refractivity contribution in [3.05, 3.63) is 205 Å². The third-order valence-corrected chi connectivity index (χ3v) is 10.9. The van der Waals surface area contributed by atoms with Crippen molar-refractivity contribution < 1.29 is 0 Å². The van der Waals surface area contributed by atoms with E-state index in [0.29, 0.717) is 0 Å². The van der Waals surface area contributed by atoms with Crippen molar-refractivity contribution in [3.8, 4) is 16.9 Å². The zero-order valence-corrected chi connectivity index (χ0v) is 29.4. The van der Waals surface area contributed by atoms with Crippen molar-refractivity contribution in [2.75, 3.05) is 0 Å². The first-order valence-electron chi connectivity index (χ1n) is 18.5. The van der Waals surface area contributed by atoms with Gasteiger partial charge in [-0.1, -0.05) is 140 Å². The predicted molar refractivity (Wildman–Crippen MR) is 226 cm³/mol. The number of hydrogen-bond acceptors (Lipinski definition) is 2. The molecule has 0 radical (unpaired) electrons. The summed E-state index contributed by atoms with van der Waals surface area (Å²) in [5.74, 6) is 0. The quantitative estimate of drug-likeness (QED) is 0.195. The smallest absolute Gasteiger partial charge is 0.0788 e. The second-order valence-electron chi connectivity index (χ2n) is 14.1. The van der Waals surface area contributed by atoms with Crippen molar-refractivity contribution in [1.29, 1.82) is 0 Å². The first-order valence-corrected chi connectivity index (χ1v) is 18.5. The fraction of sp³-hybridized carbons (Fsp3) is 0.0200. The largest absolute Gasteiger partial charge is 0.374 e. The summed E-state index contributed by atoms with van der Waals surface area (Å²) in [6.07, 6.45) is 4.71. The monoisotopic (exact) mass is 690 g/mol. The van der Waals surface area contributed by atoms with Crippen LogP contribution in [0.25, 0.3) is 82.9 Å². The molecule has 4 nitrogen and oxygen atoms in total. The Hall–Kier alpha value is -7.17. The van der Waals surface area contributed by atoms with E-state index in [4.69, 9.17) is 4.98 Å². The maximum Gasteiger partial charge on any atom is 0.0788 e. The summed E-state index contributed by atoms with van der Waals surface area (Å²) in [6.45, 7) is 0. The van der Waals surface area contributed by atoms with Crippen LogP contribution in [0.1, 0.15) is 17.2 Å². The van der Waals surface area contributed by atoms with Crippen molar-refractivity contribution >= 4 is 65.9 Å². The first-order chi connectivity index (χ1) is 26.8. The highest BCUT2D eigenvalue weighted by Gasteiger charge is 2.25. The fourth-order valence-corrected chi connectivity index (χ4v) is 8.45. The first kappa shape index (κ1) is 30.5. The van der Waals surface area contributed by atoms with Crippen molar-refractivity contribution in [2.24, 2.45) is 0 Å². The van der Waals surface area contributed by atoms with Gasteiger partial charge in [-0.05, 0) is 65.7 Å². The predicted octanol–water partition coefficient (Wildman–Crippen LogP) is 12.3. The van der Waals surface area contributed by atoms with Gasteiger partial charge in [0, 0.05) is 49.6 Å². The summed E-state index contributed by atoms with van der Waals surface area (Å²) in [7, 11) is 0. The van der Waals surface area contributed by atoms with E-state index in [1.165, 1.54) is 49.2 Å². The van der Waals surface area contributed by atoms with E-state index in [1.54, 1.807) is 0 Å². The molecule has 1 aliphatic rings. The Kier molecular flexibility index (Phi) is 6.89. The zero-order chi connectivity index (χ0) is 35.6. The molecule has 0 amide bonds. The molecule has 1 atom stereocenters. The Balaban J connectivity index is 1.18. The number of dihydropyridines is 1. The van der Waals surface area contributed by atoms with E-state index in [9.17, 15) is 0 Å². The van der Waals surface area contributed by atoms with Gasteiger partial charge in [-0.15, -0.1) is 0 Å². The Bertz CT molecular complexity index is 3130. The van der Waals surface area contributed by atoms with E-state index in [1.807, 2.05) is 6.07 Å². The average molecular weight is 691 g/mol. The lowest BCUT2D eigenvalue weighted by atomic mass is 9.97. The summed E-state index contributed by atoms with van der Waals surface area (Å²) in [6, 6.07) is 65.0. The van der Waals surface area contributed by atoms with Crippen LogP contribution in [-0.2, 0) is 0 Å². The van der Waals surface area contributed by atoms with Crippen LogP contribution in [0.15, 0.2) is 194 Å². The van der Waals surface area contributed by atoms with Crippen LogP contribution in [0.4, 0.5) is 0 Å². The van der Waals surface area contributed by atoms with Gasteiger partial charge in [-0.2, -0.15) is 0 Å². The van der Waals surface area contributed by atoms with Crippen LogP contribution in [0.5, 0.6) is 0 Å². The Labute approximate surface area is 312 Å². The molecule has 254 valence electrons. The molecule has 7 aromatic carbocycles. The number of pyridine rings is 1. The molecule has 11 rings (SSSR count). The summed E-state index contributed by atoms with van der Waals surface area (Å²) < 4.78 is 4.94. The molecule has 0 aliphatic carbocycles. The number of hydrogen-bond donors (Lipinski definition) is 1. The minimum absolute atomic E-state index is 0.101. The Morgan fingerprint density at radius 1 is 0.481 bits per heavy atom. The zero-order valence-electron chi connectivity index (χ0n) is 29.4. The van der Waals surface area contributed by atoms with Crippen LogP contribution in [0.3, 0.4) is 0 Å². The average Bonchev–Trinajstić information content (AvgIpc) is 3.77. The highest BCUT2D eigenvalue weighted by atomic mass is 15.1. The molecule has 0 spiro atoms. The SMILES string of the molecule is C1=C(c2ccccc2)NC(c2cccc(-c3ccc4ccccc4n3)c2)C=C1n1c2ccccc2c2ccc3c4ccccc4n(-c4ccccc4)c3c21. The van der Waals surface area contributed by atoms with Gasteiger partial charge < -0.3 is 14.5 Å². The second kappa shape index (κ2) is 12.2. The van der Waals surface area contributed by atoms with Crippen LogP contribution >= 0.6 is 0 Å². The number of benzene rings is 7. The van der Waals surface area contributed by atoms with E-state index < -0.39 is 0 Å². The van der Waals surface area contributed by atoms with Crippen LogP contribution < -0.4 is 5.32 Å². The third kappa shape index (κ3) is 4.81. The number of fused-ring (bicyclic) bond motifs is 8. The molecular formula is C50H34N4. The lowest BCUT2D eigenvalue weighted by Crippen LogP contribution is -2.22.